The van der Waals surface area contributed by atoms with E-state index in [4.69, 9.17) is 4.99 Å². The van der Waals surface area contributed by atoms with Crippen LogP contribution in [0.2, 0.25) is 0 Å². The summed E-state index contributed by atoms with van der Waals surface area (Å²) in [5.41, 5.74) is 1.52. The minimum atomic E-state index is 0. The number of rotatable bonds is 9. The van der Waals surface area contributed by atoms with Gasteiger partial charge in [0.1, 0.15) is 0 Å². The Kier molecular flexibility index (Phi) is 10.5. The molecule has 146 valence electrons. The molecule has 2 rings (SSSR count). The van der Waals surface area contributed by atoms with E-state index in [1.165, 1.54) is 18.4 Å². The van der Waals surface area contributed by atoms with E-state index in [0.29, 0.717) is 13.0 Å². The zero-order valence-corrected chi connectivity index (χ0v) is 19.5. The Labute approximate surface area is 182 Å². The van der Waals surface area contributed by atoms with Crippen molar-refractivity contribution in [3.63, 3.8) is 0 Å². The molecule has 1 aliphatic carbocycles. The highest BCUT2D eigenvalue weighted by atomic mass is 127. The fourth-order valence-corrected chi connectivity index (χ4v) is 3.13. The summed E-state index contributed by atoms with van der Waals surface area (Å²) in [6.07, 6.45) is 3.76. The summed E-state index contributed by atoms with van der Waals surface area (Å²) in [7, 11) is 0. The lowest BCUT2D eigenvalue weighted by atomic mass is 9.96. The van der Waals surface area contributed by atoms with Gasteiger partial charge in [-0.25, -0.2) is 0 Å². The summed E-state index contributed by atoms with van der Waals surface area (Å²) in [4.78, 5) is 16.4. The predicted molar refractivity (Wildman–Crippen MR) is 122 cm³/mol. The minimum Gasteiger partial charge on any atom is -0.357 e. The van der Waals surface area contributed by atoms with Gasteiger partial charge >= 0.3 is 0 Å². The zero-order chi connectivity index (χ0) is 18.1. The van der Waals surface area contributed by atoms with Gasteiger partial charge in [0, 0.05) is 35.9 Å². The topological polar surface area (TPSA) is 65.5 Å². The van der Waals surface area contributed by atoms with E-state index in [1.807, 2.05) is 13.8 Å². The van der Waals surface area contributed by atoms with Crippen LogP contribution in [0.5, 0.6) is 0 Å². The van der Waals surface area contributed by atoms with Gasteiger partial charge in [-0.2, -0.15) is 0 Å². The number of carbonyl (C=O) groups is 1. The summed E-state index contributed by atoms with van der Waals surface area (Å²) < 4.78 is 1.11. The molecule has 0 radical (unpaired) electrons. The second kappa shape index (κ2) is 11.8. The van der Waals surface area contributed by atoms with Crippen molar-refractivity contribution in [2.45, 2.75) is 44.9 Å². The SMILES string of the molecule is CCCNC(=O)CCNC(=NCC1(c2cccc(Br)c2)CC1)NCC.I. The van der Waals surface area contributed by atoms with E-state index in [9.17, 15) is 4.79 Å². The number of nitrogens with one attached hydrogen (secondary N) is 3. The summed E-state index contributed by atoms with van der Waals surface area (Å²) >= 11 is 3.55. The Morgan fingerprint density at radius 3 is 2.58 bits per heavy atom. The minimum absolute atomic E-state index is 0. The predicted octanol–water partition coefficient (Wildman–Crippen LogP) is 3.57. The van der Waals surface area contributed by atoms with Crippen LogP contribution in [0.25, 0.3) is 0 Å². The first-order valence-corrected chi connectivity index (χ1v) is 9.94. The Morgan fingerprint density at radius 2 is 1.96 bits per heavy atom. The molecule has 1 aromatic carbocycles. The third-order valence-corrected chi connectivity index (χ3v) is 4.88. The highest BCUT2D eigenvalue weighted by molar-refractivity contribution is 14.0. The Balaban J connectivity index is 0.00000338. The third kappa shape index (κ3) is 7.42. The molecule has 1 aromatic rings. The Hall–Kier alpha value is -0.830. The van der Waals surface area contributed by atoms with Gasteiger partial charge in [-0.05, 0) is 43.9 Å². The molecule has 3 N–H and O–H groups in total. The third-order valence-electron chi connectivity index (χ3n) is 4.39. The van der Waals surface area contributed by atoms with Crippen LogP contribution in [0.15, 0.2) is 33.7 Å². The maximum absolute atomic E-state index is 11.7. The average Bonchev–Trinajstić information content (AvgIpc) is 3.39. The molecule has 1 amide bonds. The normalized spacial score (nSPS) is 15.0. The molecule has 1 fully saturated rings. The van der Waals surface area contributed by atoms with E-state index in [0.717, 1.165) is 36.5 Å². The molecule has 0 heterocycles. The van der Waals surface area contributed by atoms with Crippen LogP contribution < -0.4 is 16.0 Å². The van der Waals surface area contributed by atoms with Gasteiger partial charge in [0.25, 0.3) is 0 Å². The van der Waals surface area contributed by atoms with Crippen LogP contribution in [0.4, 0.5) is 0 Å². The van der Waals surface area contributed by atoms with Gasteiger partial charge in [0.05, 0.1) is 6.54 Å². The van der Waals surface area contributed by atoms with Crippen molar-refractivity contribution in [1.82, 2.24) is 16.0 Å². The van der Waals surface area contributed by atoms with Crippen molar-refractivity contribution >= 4 is 51.8 Å². The number of halogens is 2. The molecule has 0 atom stereocenters. The van der Waals surface area contributed by atoms with Crippen LogP contribution in [-0.2, 0) is 10.2 Å². The van der Waals surface area contributed by atoms with E-state index in [2.05, 4.69) is 56.1 Å². The van der Waals surface area contributed by atoms with Gasteiger partial charge in [0.15, 0.2) is 5.96 Å². The number of hydrogen-bond donors (Lipinski definition) is 3. The number of guanidine groups is 1. The van der Waals surface area contributed by atoms with Crippen LogP contribution in [0.3, 0.4) is 0 Å². The summed E-state index contributed by atoms with van der Waals surface area (Å²) in [6.45, 7) is 6.99. The van der Waals surface area contributed by atoms with Gasteiger partial charge in [-0.15, -0.1) is 24.0 Å². The number of carbonyl (C=O) groups excluding carboxylic acids is 1. The fourth-order valence-electron chi connectivity index (χ4n) is 2.73. The van der Waals surface area contributed by atoms with Crippen LogP contribution in [-0.4, -0.2) is 38.0 Å². The lowest BCUT2D eigenvalue weighted by molar-refractivity contribution is -0.120. The molecular weight excluding hydrogens is 507 g/mol. The van der Waals surface area contributed by atoms with Gasteiger partial charge in [-0.1, -0.05) is 35.0 Å². The maximum Gasteiger partial charge on any atom is 0.221 e. The first kappa shape index (κ1) is 23.2. The van der Waals surface area contributed by atoms with Crippen LogP contribution in [0, 0.1) is 0 Å². The van der Waals surface area contributed by atoms with Crippen molar-refractivity contribution in [3.8, 4) is 0 Å². The van der Waals surface area contributed by atoms with Crippen LogP contribution in [0.1, 0.15) is 45.1 Å². The molecule has 0 bridgehead atoms. The highest BCUT2D eigenvalue weighted by Gasteiger charge is 2.44. The maximum atomic E-state index is 11.7. The van der Waals surface area contributed by atoms with Crippen molar-refractivity contribution in [3.05, 3.63) is 34.3 Å². The molecule has 1 aliphatic rings. The first-order valence-electron chi connectivity index (χ1n) is 9.14. The fraction of sp³-hybridized carbons (Fsp3) is 0.579. The Morgan fingerprint density at radius 1 is 1.19 bits per heavy atom. The van der Waals surface area contributed by atoms with E-state index in [-0.39, 0.29) is 35.3 Å². The quantitative estimate of drug-likeness (QED) is 0.257. The van der Waals surface area contributed by atoms with E-state index in [1.54, 1.807) is 0 Å². The summed E-state index contributed by atoms with van der Waals surface area (Å²) in [6, 6.07) is 8.52. The van der Waals surface area contributed by atoms with Gasteiger partial charge in [-0.3, -0.25) is 9.79 Å². The monoisotopic (exact) mass is 536 g/mol. The molecule has 1 saturated carbocycles. The van der Waals surface area contributed by atoms with E-state index < -0.39 is 0 Å². The molecule has 0 spiro atoms. The number of amides is 1. The first-order chi connectivity index (χ1) is 12.1. The molecule has 0 aromatic heterocycles. The summed E-state index contributed by atoms with van der Waals surface area (Å²) in [5, 5.41) is 9.41. The lowest BCUT2D eigenvalue weighted by Gasteiger charge is -2.16. The number of nitrogens with zero attached hydrogens (tertiary/aromatic N) is 1. The average molecular weight is 537 g/mol. The molecule has 7 heteroatoms. The van der Waals surface area contributed by atoms with Crippen molar-refractivity contribution in [2.24, 2.45) is 4.99 Å². The van der Waals surface area contributed by atoms with Crippen molar-refractivity contribution in [2.75, 3.05) is 26.2 Å². The Bertz CT molecular complexity index is 605. The molecule has 26 heavy (non-hydrogen) atoms. The highest BCUT2D eigenvalue weighted by Crippen LogP contribution is 2.48. The number of aliphatic imine (C=N–C) groups is 1. The lowest BCUT2D eigenvalue weighted by Crippen LogP contribution is -2.40. The second-order valence-electron chi connectivity index (χ2n) is 6.51. The van der Waals surface area contributed by atoms with Crippen molar-refractivity contribution in [1.29, 1.82) is 0 Å². The molecule has 5 nitrogen and oxygen atoms in total. The van der Waals surface area contributed by atoms with Gasteiger partial charge < -0.3 is 16.0 Å². The van der Waals surface area contributed by atoms with Crippen LogP contribution >= 0.6 is 39.9 Å². The number of benzene rings is 1. The van der Waals surface area contributed by atoms with Crippen molar-refractivity contribution < 1.29 is 4.79 Å². The zero-order valence-electron chi connectivity index (χ0n) is 15.6. The largest absolute Gasteiger partial charge is 0.357 e. The molecular formula is C19H30BrIN4O. The second-order valence-corrected chi connectivity index (χ2v) is 7.43. The number of hydrogen-bond acceptors (Lipinski definition) is 2. The summed E-state index contributed by atoms with van der Waals surface area (Å²) in [5.74, 6) is 0.866. The molecule has 0 aliphatic heterocycles. The standard InChI is InChI=1S/C19H29BrN4O.HI/c1-3-11-22-17(25)8-12-23-18(21-4-2)24-14-19(9-10-19)15-6-5-7-16(20)13-15;/h5-7,13H,3-4,8-12,14H2,1-2H3,(H,22,25)(H2,21,23,24);1H. The van der Waals surface area contributed by atoms with Gasteiger partial charge in [0.2, 0.25) is 5.91 Å². The van der Waals surface area contributed by atoms with E-state index >= 15 is 0 Å². The molecule has 0 unspecified atom stereocenters. The molecule has 0 saturated heterocycles. The smallest absolute Gasteiger partial charge is 0.221 e.